The SMILES string of the molecule is CN1CC(NC(=O)C(C)(C)C(=O)O)CCC1=O. The lowest BCUT2D eigenvalue weighted by atomic mass is 9.91. The first-order chi connectivity index (χ1) is 7.75. The predicted octanol–water partition coefficient (Wildman–Crippen LogP) is -0.166. The van der Waals surface area contributed by atoms with Crippen LogP contribution in [-0.2, 0) is 14.4 Å². The first kappa shape index (κ1) is 13.5. The molecule has 17 heavy (non-hydrogen) atoms. The number of carboxylic acid groups (broad SMARTS) is 1. The second-order valence-corrected chi connectivity index (χ2v) is 4.91. The van der Waals surface area contributed by atoms with Crippen molar-refractivity contribution in [3.05, 3.63) is 0 Å². The molecule has 1 rings (SSSR count). The van der Waals surface area contributed by atoms with Crippen molar-refractivity contribution < 1.29 is 19.5 Å². The van der Waals surface area contributed by atoms with E-state index >= 15 is 0 Å². The van der Waals surface area contributed by atoms with Gasteiger partial charge in [-0.25, -0.2) is 0 Å². The molecule has 1 atom stereocenters. The van der Waals surface area contributed by atoms with Crippen molar-refractivity contribution >= 4 is 17.8 Å². The molecule has 1 saturated heterocycles. The van der Waals surface area contributed by atoms with Gasteiger partial charge in [-0.05, 0) is 20.3 Å². The van der Waals surface area contributed by atoms with Crippen molar-refractivity contribution in [2.45, 2.75) is 32.7 Å². The van der Waals surface area contributed by atoms with Crippen LogP contribution in [-0.4, -0.2) is 47.4 Å². The highest BCUT2D eigenvalue weighted by Crippen LogP contribution is 2.17. The summed E-state index contributed by atoms with van der Waals surface area (Å²) in [7, 11) is 1.67. The number of piperidine rings is 1. The van der Waals surface area contributed by atoms with Gasteiger partial charge in [-0.3, -0.25) is 14.4 Å². The van der Waals surface area contributed by atoms with Gasteiger partial charge in [0, 0.05) is 26.1 Å². The third kappa shape index (κ3) is 2.95. The van der Waals surface area contributed by atoms with Crippen LogP contribution in [0.2, 0.25) is 0 Å². The summed E-state index contributed by atoms with van der Waals surface area (Å²) in [5.41, 5.74) is -1.44. The quantitative estimate of drug-likeness (QED) is 0.673. The molecule has 0 aromatic heterocycles. The number of carbonyl (C=O) groups is 3. The van der Waals surface area contributed by atoms with E-state index in [9.17, 15) is 14.4 Å². The zero-order valence-electron chi connectivity index (χ0n) is 10.3. The van der Waals surface area contributed by atoms with Crippen molar-refractivity contribution in [1.82, 2.24) is 10.2 Å². The van der Waals surface area contributed by atoms with E-state index < -0.39 is 17.3 Å². The van der Waals surface area contributed by atoms with Gasteiger partial charge in [-0.15, -0.1) is 0 Å². The van der Waals surface area contributed by atoms with Crippen molar-refractivity contribution in [3.8, 4) is 0 Å². The number of aliphatic carboxylic acids is 1. The van der Waals surface area contributed by atoms with E-state index in [-0.39, 0.29) is 11.9 Å². The molecular weight excluding hydrogens is 224 g/mol. The lowest BCUT2D eigenvalue weighted by molar-refractivity contribution is -0.154. The number of hydrogen-bond acceptors (Lipinski definition) is 3. The van der Waals surface area contributed by atoms with E-state index in [1.165, 1.54) is 13.8 Å². The highest BCUT2D eigenvalue weighted by molar-refractivity contribution is 6.01. The minimum absolute atomic E-state index is 0.0491. The van der Waals surface area contributed by atoms with Crippen LogP contribution >= 0.6 is 0 Å². The van der Waals surface area contributed by atoms with Crippen LogP contribution in [0, 0.1) is 5.41 Å². The van der Waals surface area contributed by atoms with Gasteiger partial charge in [-0.1, -0.05) is 0 Å². The van der Waals surface area contributed by atoms with E-state index in [0.717, 1.165) is 0 Å². The van der Waals surface area contributed by atoms with Crippen LogP contribution in [0.25, 0.3) is 0 Å². The summed E-state index contributed by atoms with van der Waals surface area (Å²) >= 11 is 0. The van der Waals surface area contributed by atoms with Gasteiger partial charge in [0.1, 0.15) is 5.41 Å². The van der Waals surface area contributed by atoms with Crippen LogP contribution in [0.3, 0.4) is 0 Å². The van der Waals surface area contributed by atoms with Gasteiger partial charge in [0.15, 0.2) is 0 Å². The molecule has 0 saturated carbocycles. The fourth-order valence-electron chi connectivity index (χ4n) is 1.59. The summed E-state index contributed by atoms with van der Waals surface area (Å²) in [6.07, 6.45) is 0.944. The molecule has 0 aromatic rings. The minimum Gasteiger partial charge on any atom is -0.480 e. The number of carboxylic acids is 1. The van der Waals surface area contributed by atoms with E-state index in [1.54, 1.807) is 11.9 Å². The highest BCUT2D eigenvalue weighted by Gasteiger charge is 2.37. The van der Waals surface area contributed by atoms with E-state index in [2.05, 4.69) is 5.32 Å². The number of nitrogens with one attached hydrogen (secondary N) is 1. The minimum atomic E-state index is -1.44. The largest absolute Gasteiger partial charge is 0.480 e. The zero-order chi connectivity index (χ0) is 13.2. The Balaban J connectivity index is 2.58. The number of nitrogens with zero attached hydrogens (tertiary/aromatic N) is 1. The van der Waals surface area contributed by atoms with Gasteiger partial charge in [0.25, 0.3) is 0 Å². The average Bonchev–Trinajstić information content (AvgIpc) is 2.23. The zero-order valence-corrected chi connectivity index (χ0v) is 10.3. The number of rotatable bonds is 3. The molecule has 96 valence electrons. The average molecular weight is 242 g/mol. The van der Waals surface area contributed by atoms with Gasteiger partial charge in [0.2, 0.25) is 11.8 Å². The lowest BCUT2D eigenvalue weighted by Gasteiger charge is -2.31. The Kier molecular flexibility index (Phi) is 3.75. The van der Waals surface area contributed by atoms with Gasteiger partial charge in [0.05, 0.1) is 0 Å². The molecule has 6 nitrogen and oxygen atoms in total. The van der Waals surface area contributed by atoms with Gasteiger partial charge in [-0.2, -0.15) is 0 Å². The van der Waals surface area contributed by atoms with Crippen LogP contribution in [0.1, 0.15) is 26.7 Å². The molecular formula is C11H18N2O4. The standard InChI is InChI=1S/C11H18N2O4/c1-11(2,10(16)17)9(15)12-7-4-5-8(14)13(3)6-7/h7H,4-6H2,1-3H3,(H,12,15)(H,16,17). The smallest absolute Gasteiger partial charge is 0.318 e. The molecule has 6 heteroatoms. The maximum Gasteiger partial charge on any atom is 0.318 e. The van der Waals surface area contributed by atoms with Crippen molar-refractivity contribution in [2.24, 2.45) is 5.41 Å². The normalized spacial score (nSPS) is 21.2. The number of amides is 2. The van der Waals surface area contributed by atoms with Crippen LogP contribution in [0.15, 0.2) is 0 Å². The van der Waals surface area contributed by atoms with Crippen LogP contribution in [0.4, 0.5) is 0 Å². The fourth-order valence-corrected chi connectivity index (χ4v) is 1.59. The summed E-state index contributed by atoms with van der Waals surface area (Å²) < 4.78 is 0. The molecule has 0 radical (unpaired) electrons. The number of hydrogen-bond donors (Lipinski definition) is 2. The van der Waals surface area contributed by atoms with Crippen molar-refractivity contribution in [1.29, 1.82) is 0 Å². The van der Waals surface area contributed by atoms with Crippen LogP contribution < -0.4 is 5.32 Å². The van der Waals surface area contributed by atoms with E-state index in [1.807, 2.05) is 0 Å². The molecule has 2 amide bonds. The molecule has 1 aliphatic heterocycles. The molecule has 0 spiro atoms. The topological polar surface area (TPSA) is 86.7 Å². The number of likely N-dealkylation sites (tertiary alicyclic amines) is 1. The van der Waals surface area contributed by atoms with Crippen molar-refractivity contribution in [2.75, 3.05) is 13.6 Å². The number of carbonyl (C=O) groups excluding carboxylic acids is 2. The molecule has 1 aliphatic rings. The van der Waals surface area contributed by atoms with E-state index in [4.69, 9.17) is 5.11 Å². The molecule has 2 N–H and O–H groups in total. The van der Waals surface area contributed by atoms with E-state index in [0.29, 0.717) is 19.4 Å². The second kappa shape index (κ2) is 4.73. The molecule has 1 fully saturated rings. The summed E-state index contributed by atoms with van der Waals surface area (Å²) in [6.45, 7) is 3.16. The summed E-state index contributed by atoms with van der Waals surface area (Å²) in [5.74, 6) is -1.62. The molecule has 1 unspecified atom stereocenters. The first-order valence-electron chi connectivity index (χ1n) is 5.53. The first-order valence-corrected chi connectivity index (χ1v) is 5.53. The Hall–Kier alpha value is -1.59. The molecule has 1 heterocycles. The van der Waals surface area contributed by atoms with Crippen molar-refractivity contribution in [3.63, 3.8) is 0 Å². The molecule has 0 aliphatic carbocycles. The summed E-state index contributed by atoms with van der Waals surface area (Å²) in [6, 6.07) is -0.163. The fraction of sp³-hybridized carbons (Fsp3) is 0.727. The highest BCUT2D eigenvalue weighted by atomic mass is 16.4. The monoisotopic (exact) mass is 242 g/mol. The Morgan fingerprint density at radius 3 is 2.53 bits per heavy atom. The maximum atomic E-state index is 11.8. The molecule has 0 aromatic carbocycles. The molecule has 0 bridgehead atoms. The second-order valence-electron chi connectivity index (χ2n) is 4.91. The Bertz CT molecular complexity index is 351. The van der Waals surface area contributed by atoms with Crippen LogP contribution in [0.5, 0.6) is 0 Å². The third-order valence-corrected chi connectivity index (χ3v) is 3.06. The predicted molar refractivity (Wildman–Crippen MR) is 60.2 cm³/mol. The lowest BCUT2D eigenvalue weighted by Crippen LogP contribution is -2.52. The Labute approximate surface area is 100.0 Å². The Morgan fingerprint density at radius 2 is 2.06 bits per heavy atom. The summed E-state index contributed by atoms with van der Waals surface area (Å²) in [4.78, 5) is 35.5. The van der Waals surface area contributed by atoms with Gasteiger partial charge < -0.3 is 15.3 Å². The third-order valence-electron chi connectivity index (χ3n) is 3.06. The summed E-state index contributed by atoms with van der Waals surface area (Å²) in [5, 5.41) is 11.6. The Morgan fingerprint density at radius 1 is 1.47 bits per heavy atom. The number of likely N-dealkylation sites (N-methyl/N-ethyl adjacent to an activating group) is 1. The van der Waals surface area contributed by atoms with Gasteiger partial charge >= 0.3 is 5.97 Å². The maximum absolute atomic E-state index is 11.8.